The van der Waals surface area contributed by atoms with Crippen molar-refractivity contribution in [2.45, 2.75) is 37.6 Å². The molecule has 0 saturated carbocycles. The molecule has 23 heavy (non-hydrogen) atoms. The highest BCUT2D eigenvalue weighted by Gasteiger charge is 2.13. The van der Waals surface area contributed by atoms with Gasteiger partial charge in [-0.15, -0.1) is 0 Å². The van der Waals surface area contributed by atoms with Crippen LogP contribution in [0.15, 0.2) is 29.2 Å². The highest BCUT2D eigenvalue weighted by atomic mass is 32.2. The molecule has 1 atom stereocenters. The zero-order valence-corrected chi connectivity index (χ0v) is 14.4. The minimum Gasteiger partial charge on any atom is -0.354 e. The van der Waals surface area contributed by atoms with Crippen LogP contribution < -0.4 is 15.4 Å². The summed E-state index contributed by atoms with van der Waals surface area (Å²) < 4.78 is 25.4. The van der Waals surface area contributed by atoms with Crippen LogP contribution >= 0.6 is 0 Å². The predicted molar refractivity (Wildman–Crippen MR) is 87.5 cm³/mol. The summed E-state index contributed by atoms with van der Waals surface area (Å²) in [6.45, 7) is 4.11. The average Bonchev–Trinajstić information content (AvgIpc) is 2.54. The van der Waals surface area contributed by atoms with E-state index in [-0.39, 0.29) is 35.7 Å². The van der Waals surface area contributed by atoms with Crippen LogP contribution in [0.1, 0.15) is 37.0 Å². The van der Waals surface area contributed by atoms with Crippen molar-refractivity contribution in [1.29, 1.82) is 0 Å². The molecule has 1 aromatic rings. The first-order valence-corrected chi connectivity index (χ1v) is 8.89. The minimum atomic E-state index is -3.52. The summed E-state index contributed by atoms with van der Waals surface area (Å²) in [5.41, 5.74) is 0.336. The summed E-state index contributed by atoms with van der Waals surface area (Å²) in [4.78, 5) is 23.6. The van der Waals surface area contributed by atoms with Gasteiger partial charge in [0.15, 0.2) is 0 Å². The Morgan fingerprint density at radius 3 is 2.30 bits per heavy atom. The Morgan fingerprint density at radius 2 is 1.78 bits per heavy atom. The molecule has 0 bridgehead atoms. The fourth-order valence-electron chi connectivity index (χ4n) is 1.74. The molecule has 0 fully saturated rings. The number of benzene rings is 1. The van der Waals surface area contributed by atoms with Crippen molar-refractivity contribution in [3.05, 3.63) is 29.8 Å². The highest BCUT2D eigenvalue weighted by Crippen LogP contribution is 2.10. The van der Waals surface area contributed by atoms with Crippen molar-refractivity contribution in [2.75, 3.05) is 13.6 Å². The Morgan fingerprint density at radius 1 is 1.17 bits per heavy atom. The zero-order valence-electron chi connectivity index (χ0n) is 13.5. The third-order valence-corrected chi connectivity index (χ3v) is 4.78. The summed E-state index contributed by atoms with van der Waals surface area (Å²) in [5.74, 6) is -0.468. The number of hydrogen-bond acceptors (Lipinski definition) is 4. The summed E-state index contributed by atoms with van der Waals surface area (Å²) in [6, 6.07) is 5.68. The van der Waals surface area contributed by atoms with Crippen LogP contribution in [0.5, 0.6) is 0 Å². The van der Waals surface area contributed by atoms with Crippen molar-refractivity contribution in [1.82, 2.24) is 15.4 Å². The van der Waals surface area contributed by atoms with Gasteiger partial charge in [0.2, 0.25) is 15.9 Å². The lowest BCUT2D eigenvalue weighted by Crippen LogP contribution is -2.35. The van der Waals surface area contributed by atoms with Crippen LogP contribution in [0, 0.1) is 0 Å². The van der Waals surface area contributed by atoms with Gasteiger partial charge in [-0.2, -0.15) is 0 Å². The predicted octanol–water partition coefficient (Wildman–Crippen LogP) is 0.629. The van der Waals surface area contributed by atoms with E-state index in [0.29, 0.717) is 5.56 Å². The standard InChI is InChI=1S/C15H23N3O4S/c1-4-11(2)18-14(19)9-10-17-15(20)12-5-7-13(8-6-12)23(21,22)16-3/h5-8,11,16H,4,9-10H2,1-3H3,(H,17,20)(H,18,19)/t11-/m0/s1. The molecule has 0 aromatic heterocycles. The van der Waals surface area contributed by atoms with Crippen molar-refractivity contribution in [2.24, 2.45) is 0 Å². The van der Waals surface area contributed by atoms with E-state index in [1.165, 1.54) is 31.3 Å². The average molecular weight is 341 g/mol. The van der Waals surface area contributed by atoms with Crippen LogP contribution in [0.25, 0.3) is 0 Å². The summed E-state index contributed by atoms with van der Waals surface area (Å²) in [7, 11) is -2.20. The Labute approximate surface area is 136 Å². The summed E-state index contributed by atoms with van der Waals surface area (Å²) >= 11 is 0. The van der Waals surface area contributed by atoms with Crippen molar-refractivity contribution in [3.63, 3.8) is 0 Å². The van der Waals surface area contributed by atoms with Crippen molar-refractivity contribution < 1.29 is 18.0 Å². The lowest BCUT2D eigenvalue weighted by molar-refractivity contribution is -0.121. The Kier molecular flexibility index (Phi) is 7.18. The van der Waals surface area contributed by atoms with E-state index in [9.17, 15) is 18.0 Å². The topological polar surface area (TPSA) is 104 Å². The number of rotatable bonds is 8. The maximum absolute atomic E-state index is 11.9. The van der Waals surface area contributed by atoms with E-state index in [4.69, 9.17) is 0 Å². The van der Waals surface area contributed by atoms with Gasteiger partial charge < -0.3 is 10.6 Å². The van der Waals surface area contributed by atoms with Gasteiger partial charge in [-0.3, -0.25) is 9.59 Å². The third kappa shape index (κ3) is 5.99. The molecular formula is C15H23N3O4S. The molecule has 0 unspecified atom stereocenters. The number of amides is 2. The second-order valence-corrected chi connectivity index (χ2v) is 7.00. The molecule has 7 nitrogen and oxygen atoms in total. The third-order valence-electron chi connectivity index (χ3n) is 3.35. The van der Waals surface area contributed by atoms with Gasteiger partial charge in [0.05, 0.1) is 4.90 Å². The molecule has 8 heteroatoms. The molecule has 1 rings (SSSR count). The molecule has 0 spiro atoms. The molecule has 2 amide bonds. The van der Waals surface area contributed by atoms with Gasteiger partial charge >= 0.3 is 0 Å². The molecule has 0 heterocycles. The smallest absolute Gasteiger partial charge is 0.251 e. The maximum Gasteiger partial charge on any atom is 0.251 e. The van der Waals surface area contributed by atoms with Gasteiger partial charge in [0.25, 0.3) is 5.91 Å². The minimum absolute atomic E-state index is 0.0875. The number of hydrogen-bond donors (Lipinski definition) is 3. The fourth-order valence-corrected chi connectivity index (χ4v) is 2.47. The number of sulfonamides is 1. The summed E-state index contributed by atoms with van der Waals surface area (Å²) in [5, 5.41) is 5.44. The van der Waals surface area contributed by atoms with Crippen LogP contribution in [-0.4, -0.2) is 39.9 Å². The molecule has 0 saturated heterocycles. The van der Waals surface area contributed by atoms with Gasteiger partial charge in [0.1, 0.15) is 0 Å². The van der Waals surface area contributed by atoms with E-state index in [2.05, 4.69) is 15.4 Å². The van der Waals surface area contributed by atoms with E-state index in [1.54, 1.807) is 0 Å². The number of carbonyl (C=O) groups excluding carboxylic acids is 2. The SMILES string of the molecule is CC[C@H](C)NC(=O)CCNC(=O)c1ccc(S(=O)(=O)NC)cc1. The van der Waals surface area contributed by atoms with Crippen LogP contribution in [0.4, 0.5) is 0 Å². The van der Waals surface area contributed by atoms with Crippen LogP contribution in [-0.2, 0) is 14.8 Å². The molecule has 0 aliphatic heterocycles. The van der Waals surface area contributed by atoms with Gasteiger partial charge in [-0.1, -0.05) is 6.92 Å². The molecule has 3 N–H and O–H groups in total. The van der Waals surface area contributed by atoms with E-state index in [0.717, 1.165) is 6.42 Å². The summed E-state index contributed by atoms with van der Waals surface area (Å²) in [6.07, 6.45) is 1.04. The lowest BCUT2D eigenvalue weighted by atomic mass is 10.2. The Bertz CT molecular complexity index is 641. The Balaban J connectivity index is 2.51. The monoisotopic (exact) mass is 341 g/mol. The molecular weight excluding hydrogens is 318 g/mol. The van der Waals surface area contributed by atoms with Gasteiger partial charge in [-0.25, -0.2) is 13.1 Å². The van der Waals surface area contributed by atoms with Crippen molar-refractivity contribution >= 4 is 21.8 Å². The zero-order chi connectivity index (χ0) is 17.5. The van der Waals surface area contributed by atoms with E-state index < -0.39 is 10.0 Å². The normalized spacial score (nSPS) is 12.5. The first-order valence-electron chi connectivity index (χ1n) is 7.41. The van der Waals surface area contributed by atoms with Crippen LogP contribution in [0.3, 0.4) is 0 Å². The number of carbonyl (C=O) groups is 2. The van der Waals surface area contributed by atoms with Crippen LogP contribution in [0.2, 0.25) is 0 Å². The number of nitrogens with one attached hydrogen (secondary N) is 3. The lowest BCUT2D eigenvalue weighted by Gasteiger charge is -2.11. The molecule has 128 valence electrons. The quantitative estimate of drug-likeness (QED) is 0.645. The first kappa shape index (κ1) is 19.1. The van der Waals surface area contributed by atoms with Gasteiger partial charge in [-0.05, 0) is 44.7 Å². The van der Waals surface area contributed by atoms with E-state index in [1.807, 2.05) is 13.8 Å². The first-order chi connectivity index (χ1) is 10.8. The van der Waals surface area contributed by atoms with Gasteiger partial charge in [0, 0.05) is 24.6 Å². The second kappa shape index (κ2) is 8.64. The second-order valence-electron chi connectivity index (χ2n) is 5.11. The molecule has 0 aliphatic rings. The molecule has 0 aliphatic carbocycles. The van der Waals surface area contributed by atoms with Crippen molar-refractivity contribution in [3.8, 4) is 0 Å². The maximum atomic E-state index is 11.9. The molecule has 1 aromatic carbocycles. The molecule has 0 radical (unpaired) electrons. The fraction of sp³-hybridized carbons (Fsp3) is 0.467. The van der Waals surface area contributed by atoms with E-state index >= 15 is 0 Å². The largest absolute Gasteiger partial charge is 0.354 e. The Hall–Kier alpha value is -1.93. The highest BCUT2D eigenvalue weighted by molar-refractivity contribution is 7.89.